The van der Waals surface area contributed by atoms with Crippen molar-refractivity contribution in [3.63, 3.8) is 0 Å². The number of piperidine rings is 1. The molecule has 2 N–H and O–H groups in total. The minimum Gasteiger partial charge on any atom is -0.431 e. The summed E-state index contributed by atoms with van der Waals surface area (Å²) in [6.07, 6.45) is 4.13. The van der Waals surface area contributed by atoms with Gasteiger partial charge in [0, 0.05) is 42.1 Å². The second-order valence-corrected chi connectivity index (χ2v) is 8.67. The Hall–Kier alpha value is -2.84. The SMILES string of the molecule is CCC(=O)N1C[C@@H]2[C@@H]3C1[C@@]23c1cc(-c2cnc(N)c(OC(F)F)c2)nc(C2CC2)n1. The topological polar surface area (TPSA) is 94.2 Å². The third-order valence-corrected chi connectivity index (χ3v) is 7.09. The predicted octanol–water partition coefficient (Wildman–Crippen LogP) is 2.72. The second kappa shape index (κ2) is 5.86. The van der Waals surface area contributed by atoms with Gasteiger partial charge in [0.1, 0.15) is 5.82 Å². The van der Waals surface area contributed by atoms with Gasteiger partial charge in [-0.1, -0.05) is 6.92 Å². The summed E-state index contributed by atoms with van der Waals surface area (Å²) in [5.74, 6) is 2.02. The number of nitrogens with zero attached hydrogens (tertiary/aromatic N) is 4. The van der Waals surface area contributed by atoms with E-state index in [0.29, 0.717) is 35.4 Å². The van der Waals surface area contributed by atoms with Crippen LogP contribution < -0.4 is 10.5 Å². The minimum atomic E-state index is -2.98. The molecular formula is C21H21F2N5O2. The van der Waals surface area contributed by atoms with Crippen molar-refractivity contribution < 1.29 is 18.3 Å². The number of pyridine rings is 1. The second-order valence-electron chi connectivity index (χ2n) is 8.67. The van der Waals surface area contributed by atoms with E-state index in [0.717, 1.165) is 30.9 Å². The summed E-state index contributed by atoms with van der Waals surface area (Å²) in [5.41, 5.74) is 7.80. The number of amides is 1. The molecule has 2 aliphatic heterocycles. The van der Waals surface area contributed by atoms with Gasteiger partial charge in [0.2, 0.25) is 5.91 Å². The number of nitrogen functional groups attached to an aromatic ring is 1. The molecule has 2 aromatic rings. The number of fused-ring (bicyclic) bond motifs is 1. The Morgan fingerprint density at radius 1 is 1.37 bits per heavy atom. The van der Waals surface area contributed by atoms with E-state index >= 15 is 0 Å². The van der Waals surface area contributed by atoms with E-state index in [2.05, 4.69) is 9.72 Å². The maximum atomic E-state index is 12.7. The van der Waals surface area contributed by atoms with E-state index in [1.165, 1.54) is 12.3 Å². The van der Waals surface area contributed by atoms with Crippen LogP contribution in [-0.2, 0) is 10.2 Å². The molecule has 0 spiro atoms. The number of hydrogen-bond acceptors (Lipinski definition) is 6. The number of rotatable bonds is 6. The van der Waals surface area contributed by atoms with Crippen molar-refractivity contribution in [3.05, 3.63) is 29.8 Å². The van der Waals surface area contributed by atoms with Gasteiger partial charge in [-0.2, -0.15) is 8.78 Å². The number of carbonyl (C=O) groups excluding carboxylic acids is 1. The van der Waals surface area contributed by atoms with Gasteiger partial charge in [-0.05, 0) is 36.8 Å². The lowest BCUT2D eigenvalue weighted by molar-refractivity contribution is -0.130. The van der Waals surface area contributed by atoms with Gasteiger partial charge in [0.05, 0.1) is 11.4 Å². The molecule has 1 amide bonds. The normalized spacial score (nSPS) is 30.4. The first kappa shape index (κ1) is 18.0. The molecule has 2 saturated heterocycles. The number of nitrogens with two attached hydrogens (primary N) is 1. The van der Waals surface area contributed by atoms with Crippen LogP contribution in [0, 0.1) is 11.8 Å². The van der Waals surface area contributed by atoms with Crippen LogP contribution in [0.15, 0.2) is 18.3 Å². The van der Waals surface area contributed by atoms with Gasteiger partial charge in [0.25, 0.3) is 0 Å². The molecule has 7 nitrogen and oxygen atoms in total. The summed E-state index contributed by atoms with van der Waals surface area (Å²) in [4.78, 5) is 27.9. The largest absolute Gasteiger partial charge is 0.431 e. The highest BCUT2D eigenvalue weighted by Crippen LogP contribution is 2.85. The number of carbonyl (C=O) groups is 1. The predicted molar refractivity (Wildman–Crippen MR) is 103 cm³/mol. The molecule has 9 heteroatoms. The molecule has 0 radical (unpaired) electrons. The Bertz CT molecular complexity index is 1070. The van der Waals surface area contributed by atoms with Crippen LogP contribution in [0.5, 0.6) is 5.75 Å². The lowest BCUT2D eigenvalue weighted by Gasteiger charge is -2.16. The fourth-order valence-corrected chi connectivity index (χ4v) is 5.41. The van der Waals surface area contributed by atoms with Crippen LogP contribution in [0.1, 0.15) is 43.6 Å². The van der Waals surface area contributed by atoms with Crippen LogP contribution in [0.2, 0.25) is 0 Å². The Balaban J connectivity index is 1.39. The molecule has 2 aromatic heterocycles. The third-order valence-electron chi connectivity index (χ3n) is 7.09. The van der Waals surface area contributed by atoms with Gasteiger partial charge in [-0.15, -0.1) is 0 Å². The van der Waals surface area contributed by atoms with Crippen molar-refractivity contribution in [2.24, 2.45) is 11.8 Å². The van der Waals surface area contributed by atoms with Crippen LogP contribution in [-0.4, -0.2) is 45.0 Å². The third kappa shape index (κ3) is 2.34. The summed E-state index contributed by atoms with van der Waals surface area (Å²) in [7, 11) is 0. The molecule has 30 heavy (non-hydrogen) atoms. The number of aromatic nitrogens is 3. The first-order chi connectivity index (χ1) is 14.4. The first-order valence-electron chi connectivity index (χ1n) is 10.3. The summed E-state index contributed by atoms with van der Waals surface area (Å²) >= 11 is 0. The summed E-state index contributed by atoms with van der Waals surface area (Å²) in [6, 6.07) is 3.62. The van der Waals surface area contributed by atoms with Crippen LogP contribution in [0.3, 0.4) is 0 Å². The highest BCUT2D eigenvalue weighted by atomic mass is 19.3. The minimum absolute atomic E-state index is 0.0459. The molecule has 5 aliphatic rings. The molecule has 4 atom stereocenters. The number of anilines is 1. The highest BCUT2D eigenvalue weighted by molar-refractivity contribution is 5.81. The maximum absolute atomic E-state index is 12.7. The van der Waals surface area contributed by atoms with E-state index in [1.54, 1.807) is 0 Å². The lowest BCUT2D eigenvalue weighted by atomic mass is 10.0. The van der Waals surface area contributed by atoms with Gasteiger partial charge in [0.15, 0.2) is 11.6 Å². The van der Waals surface area contributed by atoms with Crippen molar-refractivity contribution in [1.29, 1.82) is 0 Å². The average molecular weight is 413 g/mol. The summed E-state index contributed by atoms with van der Waals surface area (Å²) in [6.45, 7) is -0.292. The van der Waals surface area contributed by atoms with E-state index in [4.69, 9.17) is 15.7 Å². The Morgan fingerprint density at radius 2 is 2.17 bits per heavy atom. The van der Waals surface area contributed by atoms with Crippen molar-refractivity contribution in [2.75, 3.05) is 12.3 Å². The van der Waals surface area contributed by atoms with Gasteiger partial charge >= 0.3 is 6.61 Å². The van der Waals surface area contributed by atoms with Crippen molar-refractivity contribution in [3.8, 4) is 17.0 Å². The van der Waals surface area contributed by atoms with E-state index < -0.39 is 6.61 Å². The lowest BCUT2D eigenvalue weighted by Crippen LogP contribution is -2.30. The molecule has 156 valence electrons. The van der Waals surface area contributed by atoms with Crippen LogP contribution in [0.25, 0.3) is 11.3 Å². The fourth-order valence-electron chi connectivity index (χ4n) is 5.41. The van der Waals surface area contributed by atoms with Gasteiger partial charge in [-0.25, -0.2) is 15.0 Å². The Labute approximate surface area is 171 Å². The zero-order chi connectivity index (χ0) is 20.8. The highest BCUT2D eigenvalue weighted by Gasteiger charge is 2.94. The standard InChI is InChI=1S/C21H21F2N5O2/c1-2-15(29)28-8-11-16-17(28)21(11,16)14-6-12(26-19(27-14)9-3-4-9)10-5-13(30-20(22)23)18(24)25-7-10/h5-7,9,11,16-17,20H,2-4,8H2,1H3,(H2,24,25)/t11-,16-,17?,21-/m1/s1. The molecule has 3 aliphatic carbocycles. The van der Waals surface area contributed by atoms with Crippen molar-refractivity contribution in [2.45, 2.75) is 50.2 Å². The molecule has 4 heterocycles. The summed E-state index contributed by atoms with van der Waals surface area (Å²) < 4.78 is 29.9. The first-order valence-corrected chi connectivity index (χ1v) is 10.3. The van der Waals surface area contributed by atoms with Crippen molar-refractivity contribution in [1.82, 2.24) is 19.9 Å². The molecule has 2 bridgehead atoms. The van der Waals surface area contributed by atoms with E-state index in [-0.39, 0.29) is 28.9 Å². The Kier molecular flexibility index (Phi) is 3.51. The number of hydrogen-bond donors (Lipinski definition) is 1. The van der Waals surface area contributed by atoms with Crippen LogP contribution in [0.4, 0.5) is 14.6 Å². The Morgan fingerprint density at radius 3 is 2.83 bits per heavy atom. The van der Waals surface area contributed by atoms with E-state index in [1.807, 2.05) is 17.9 Å². The van der Waals surface area contributed by atoms with Crippen molar-refractivity contribution >= 4 is 11.7 Å². The molecule has 1 unspecified atom stereocenters. The number of halogens is 2. The van der Waals surface area contributed by atoms with Gasteiger partial charge in [-0.3, -0.25) is 4.79 Å². The zero-order valence-electron chi connectivity index (χ0n) is 16.4. The maximum Gasteiger partial charge on any atom is 0.387 e. The average Bonchev–Trinajstić information content (AvgIpc) is 3.68. The van der Waals surface area contributed by atoms with Crippen LogP contribution >= 0.6 is 0 Å². The monoisotopic (exact) mass is 413 g/mol. The van der Waals surface area contributed by atoms with Gasteiger partial charge < -0.3 is 15.4 Å². The molecule has 5 fully saturated rings. The van der Waals surface area contributed by atoms with E-state index in [9.17, 15) is 13.6 Å². The molecule has 3 saturated carbocycles. The zero-order valence-corrected chi connectivity index (χ0v) is 16.4. The number of ether oxygens (including phenoxy) is 1. The quantitative estimate of drug-likeness (QED) is 0.783. The smallest absolute Gasteiger partial charge is 0.387 e. The fraction of sp³-hybridized carbons (Fsp3) is 0.524. The molecular weight excluding hydrogens is 392 g/mol. The summed E-state index contributed by atoms with van der Waals surface area (Å²) in [5, 5.41) is 0. The molecule has 0 aromatic carbocycles. The molecule has 7 rings (SSSR count). The number of alkyl halides is 2.